The van der Waals surface area contributed by atoms with E-state index in [9.17, 15) is 9.59 Å². The van der Waals surface area contributed by atoms with Gasteiger partial charge in [-0.15, -0.1) is 0 Å². The summed E-state index contributed by atoms with van der Waals surface area (Å²) >= 11 is 0. The molecule has 104 valence electrons. The van der Waals surface area contributed by atoms with Gasteiger partial charge in [0.2, 0.25) is 0 Å². The van der Waals surface area contributed by atoms with Crippen LogP contribution < -0.4 is 10.8 Å². The van der Waals surface area contributed by atoms with Gasteiger partial charge in [0.1, 0.15) is 0 Å². The number of ether oxygens (including phenoxy) is 1. The van der Waals surface area contributed by atoms with Crippen LogP contribution in [0.15, 0.2) is 11.8 Å². The second-order valence-corrected chi connectivity index (χ2v) is 4.05. The molecule has 0 unspecified atom stereocenters. The number of rotatable bonds is 7. The van der Waals surface area contributed by atoms with Crippen molar-refractivity contribution < 1.29 is 19.2 Å². The largest absolute Gasteiger partial charge is 0.504 e. The van der Waals surface area contributed by atoms with Crippen molar-refractivity contribution in [2.24, 2.45) is 5.92 Å². The first-order valence-electron chi connectivity index (χ1n) is 5.98. The summed E-state index contributed by atoms with van der Waals surface area (Å²) in [6.45, 7) is 6.10. The number of unbranched alkanes of at least 4 members (excludes halogenated alkanes) is 1. The molecule has 0 saturated heterocycles. The molecule has 2 N–H and O–H groups in total. The fraction of sp³-hybridized carbons (Fsp3) is 0.667. The van der Waals surface area contributed by atoms with Gasteiger partial charge in [0, 0.05) is 0 Å². The van der Waals surface area contributed by atoms with Gasteiger partial charge in [-0.3, -0.25) is 14.9 Å². The zero-order valence-electron chi connectivity index (χ0n) is 11.4. The van der Waals surface area contributed by atoms with Crippen LogP contribution in [-0.4, -0.2) is 25.7 Å². The van der Waals surface area contributed by atoms with Gasteiger partial charge in [-0.25, -0.2) is 10.3 Å². The lowest BCUT2D eigenvalue weighted by molar-refractivity contribution is -0.117. The zero-order chi connectivity index (χ0) is 14.0. The van der Waals surface area contributed by atoms with E-state index in [1.54, 1.807) is 0 Å². The fourth-order valence-corrected chi connectivity index (χ4v) is 1.11. The van der Waals surface area contributed by atoms with Crippen molar-refractivity contribution in [3.63, 3.8) is 0 Å². The van der Waals surface area contributed by atoms with Crippen LogP contribution in [0.4, 0.5) is 4.79 Å². The number of carbonyl (C=O) groups excluding carboxylic acids is 2. The monoisotopic (exact) mass is 258 g/mol. The summed E-state index contributed by atoms with van der Waals surface area (Å²) in [7, 11) is 1.45. The Balaban J connectivity index is 4.13. The summed E-state index contributed by atoms with van der Waals surface area (Å²) in [6.07, 6.45) is 3.14. The molecule has 0 spiro atoms. The van der Waals surface area contributed by atoms with E-state index < -0.39 is 11.9 Å². The summed E-state index contributed by atoms with van der Waals surface area (Å²) in [4.78, 5) is 27.9. The predicted molar refractivity (Wildman–Crippen MR) is 67.5 cm³/mol. The Morgan fingerprint density at radius 2 is 2.00 bits per heavy atom. The molecule has 0 aliphatic carbocycles. The molecule has 0 rings (SSSR count). The zero-order valence-corrected chi connectivity index (χ0v) is 11.4. The number of hydrogen-bond donors (Lipinski definition) is 2. The number of methoxy groups -OCH3 is 1. The van der Waals surface area contributed by atoms with Crippen molar-refractivity contribution in [2.45, 2.75) is 33.6 Å². The Kier molecular flexibility index (Phi) is 8.65. The summed E-state index contributed by atoms with van der Waals surface area (Å²) in [5, 5.41) is 2.16. The van der Waals surface area contributed by atoms with Crippen molar-refractivity contribution in [3.05, 3.63) is 11.8 Å². The van der Waals surface area contributed by atoms with Gasteiger partial charge in [-0.1, -0.05) is 27.2 Å². The molecular formula is C12H22N2O4. The number of carbonyl (C=O) groups is 2. The first kappa shape index (κ1) is 16.4. The molecule has 0 aromatic heterocycles. The highest BCUT2D eigenvalue weighted by Gasteiger charge is 2.16. The molecule has 0 aromatic carbocycles. The van der Waals surface area contributed by atoms with Crippen LogP contribution in [0, 0.1) is 5.92 Å². The molecule has 0 radical (unpaired) electrons. The van der Waals surface area contributed by atoms with Gasteiger partial charge >= 0.3 is 6.03 Å². The topological polar surface area (TPSA) is 76.7 Å². The van der Waals surface area contributed by atoms with E-state index in [1.165, 1.54) is 13.4 Å². The second-order valence-electron chi connectivity index (χ2n) is 4.05. The molecule has 0 atom stereocenters. The summed E-state index contributed by atoms with van der Waals surface area (Å²) in [6, 6.07) is -0.682. The maximum absolute atomic E-state index is 11.7. The van der Waals surface area contributed by atoms with Crippen molar-refractivity contribution in [1.82, 2.24) is 10.8 Å². The fourth-order valence-electron chi connectivity index (χ4n) is 1.11. The van der Waals surface area contributed by atoms with Gasteiger partial charge in [0.25, 0.3) is 5.91 Å². The molecular weight excluding hydrogens is 236 g/mol. The number of imide groups is 1. The highest BCUT2D eigenvalue weighted by atomic mass is 16.7. The Labute approximate surface area is 108 Å². The SMILES string of the molecule is CCCCONC(=O)NC(=O)/C(=C/OC)C(C)C. The van der Waals surface area contributed by atoms with E-state index in [-0.39, 0.29) is 5.92 Å². The normalized spacial score (nSPS) is 11.3. The Morgan fingerprint density at radius 3 is 2.50 bits per heavy atom. The summed E-state index contributed by atoms with van der Waals surface area (Å²) in [5.41, 5.74) is 2.54. The second kappa shape index (κ2) is 9.47. The summed E-state index contributed by atoms with van der Waals surface area (Å²) < 4.78 is 4.80. The number of hydrogen-bond acceptors (Lipinski definition) is 4. The molecule has 6 nitrogen and oxygen atoms in total. The van der Waals surface area contributed by atoms with Gasteiger partial charge in [-0.2, -0.15) is 0 Å². The Morgan fingerprint density at radius 1 is 1.33 bits per heavy atom. The smallest absolute Gasteiger partial charge is 0.345 e. The van der Waals surface area contributed by atoms with E-state index in [0.717, 1.165) is 12.8 Å². The standard InChI is InChI=1S/C12H22N2O4/c1-5-6-7-18-14-12(16)13-11(15)10(8-17-4)9(2)3/h8-9H,5-7H2,1-4H3,(H2,13,14,15,16)/b10-8+. The minimum absolute atomic E-state index is 0.0428. The minimum atomic E-state index is -0.682. The predicted octanol–water partition coefficient (Wildman–Crippen LogP) is 1.73. The quantitative estimate of drug-likeness (QED) is 0.315. The van der Waals surface area contributed by atoms with Crippen molar-refractivity contribution in [2.75, 3.05) is 13.7 Å². The average Bonchev–Trinajstić information content (AvgIpc) is 2.31. The lowest BCUT2D eigenvalue weighted by Gasteiger charge is -2.11. The van der Waals surface area contributed by atoms with Crippen LogP contribution in [-0.2, 0) is 14.4 Å². The molecule has 18 heavy (non-hydrogen) atoms. The third-order valence-electron chi connectivity index (χ3n) is 2.12. The maximum Gasteiger partial charge on any atom is 0.345 e. The molecule has 3 amide bonds. The van der Waals surface area contributed by atoms with Crippen LogP contribution in [0.5, 0.6) is 0 Å². The average molecular weight is 258 g/mol. The molecule has 0 fully saturated rings. The molecule has 0 aliphatic heterocycles. The van der Waals surface area contributed by atoms with Gasteiger partial charge < -0.3 is 4.74 Å². The molecule has 6 heteroatoms. The molecule has 0 aromatic rings. The van der Waals surface area contributed by atoms with E-state index in [0.29, 0.717) is 12.2 Å². The summed E-state index contributed by atoms with van der Waals surface area (Å²) in [5.74, 6) is -0.540. The van der Waals surface area contributed by atoms with Crippen LogP contribution in [0.1, 0.15) is 33.6 Å². The van der Waals surface area contributed by atoms with Crippen molar-refractivity contribution >= 4 is 11.9 Å². The van der Waals surface area contributed by atoms with E-state index >= 15 is 0 Å². The minimum Gasteiger partial charge on any atom is -0.504 e. The molecule has 0 saturated carbocycles. The lowest BCUT2D eigenvalue weighted by Crippen LogP contribution is -2.40. The molecule has 0 bridgehead atoms. The van der Waals surface area contributed by atoms with Crippen LogP contribution in [0.3, 0.4) is 0 Å². The van der Waals surface area contributed by atoms with Gasteiger partial charge in [0.15, 0.2) is 0 Å². The third kappa shape index (κ3) is 6.90. The number of urea groups is 1. The van der Waals surface area contributed by atoms with Gasteiger partial charge in [0.05, 0.1) is 25.6 Å². The lowest BCUT2D eigenvalue weighted by atomic mass is 10.0. The first-order chi connectivity index (χ1) is 8.52. The van der Waals surface area contributed by atoms with E-state index in [2.05, 4.69) is 10.8 Å². The van der Waals surface area contributed by atoms with Crippen molar-refractivity contribution in [3.8, 4) is 0 Å². The highest BCUT2D eigenvalue weighted by molar-refractivity contribution is 6.03. The molecule has 0 aliphatic rings. The highest BCUT2D eigenvalue weighted by Crippen LogP contribution is 2.09. The van der Waals surface area contributed by atoms with Crippen LogP contribution in [0.25, 0.3) is 0 Å². The Bertz CT molecular complexity index is 300. The number of hydroxylamine groups is 1. The van der Waals surface area contributed by atoms with Crippen LogP contribution >= 0.6 is 0 Å². The van der Waals surface area contributed by atoms with Crippen molar-refractivity contribution in [1.29, 1.82) is 0 Å². The first-order valence-corrected chi connectivity index (χ1v) is 5.98. The van der Waals surface area contributed by atoms with E-state index in [1.807, 2.05) is 20.8 Å². The molecule has 0 heterocycles. The van der Waals surface area contributed by atoms with E-state index in [4.69, 9.17) is 9.57 Å². The number of amides is 3. The Hall–Kier alpha value is -1.56. The maximum atomic E-state index is 11.7. The number of nitrogens with one attached hydrogen (secondary N) is 2. The van der Waals surface area contributed by atoms with Crippen LogP contribution in [0.2, 0.25) is 0 Å². The van der Waals surface area contributed by atoms with Gasteiger partial charge in [-0.05, 0) is 12.3 Å². The third-order valence-corrected chi connectivity index (χ3v) is 2.12.